The van der Waals surface area contributed by atoms with E-state index in [1.807, 2.05) is 0 Å². The summed E-state index contributed by atoms with van der Waals surface area (Å²) in [5.74, 6) is -1.14. The Morgan fingerprint density at radius 1 is 1.08 bits per heavy atom. The van der Waals surface area contributed by atoms with Gasteiger partial charge < -0.3 is 26.2 Å². The van der Waals surface area contributed by atoms with Crippen LogP contribution in [0.2, 0.25) is 0 Å². The molecule has 1 atom stereocenters. The molecule has 1 rings (SSSR count). The van der Waals surface area contributed by atoms with E-state index in [1.54, 1.807) is 0 Å². The van der Waals surface area contributed by atoms with Gasteiger partial charge in [0.05, 0.1) is 6.10 Å². The minimum Gasteiger partial charge on any atom is -0.507 e. The van der Waals surface area contributed by atoms with Crippen molar-refractivity contribution in [3.8, 4) is 17.2 Å². The SMILES string of the molecule is NCC(O)c1cc(O)c(O)cc1O. The Bertz CT molecular complexity index is 313. The fourth-order valence-corrected chi connectivity index (χ4v) is 0.976. The number of hydrogen-bond donors (Lipinski definition) is 5. The van der Waals surface area contributed by atoms with E-state index in [-0.39, 0.29) is 17.9 Å². The summed E-state index contributed by atoms with van der Waals surface area (Å²) in [5, 5.41) is 36.5. The van der Waals surface area contributed by atoms with Crippen LogP contribution in [0.5, 0.6) is 17.2 Å². The quantitative estimate of drug-likeness (QED) is 0.324. The van der Waals surface area contributed by atoms with Crippen molar-refractivity contribution in [3.05, 3.63) is 17.7 Å². The standard InChI is InChI=1S/C8H11NO4/c9-3-8(13)4-1-6(11)7(12)2-5(4)10/h1-2,8,10-13H,3,9H2. The summed E-state index contributed by atoms with van der Waals surface area (Å²) in [6.45, 7) is -0.0717. The summed E-state index contributed by atoms with van der Waals surface area (Å²) in [5.41, 5.74) is 5.25. The maximum atomic E-state index is 9.25. The van der Waals surface area contributed by atoms with Crippen molar-refractivity contribution >= 4 is 0 Å². The minimum absolute atomic E-state index is 0.0717. The number of benzene rings is 1. The van der Waals surface area contributed by atoms with Crippen LogP contribution < -0.4 is 5.73 Å². The molecule has 0 saturated carbocycles. The summed E-state index contributed by atoms with van der Waals surface area (Å²) >= 11 is 0. The second kappa shape index (κ2) is 3.51. The van der Waals surface area contributed by atoms with Crippen LogP contribution in [0.15, 0.2) is 12.1 Å². The third kappa shape index (κ3) is 1.82. The lowest BCUT2D eigenvalue weighted by atomic mass is 10.1. The number of nitrogens with two attached hydrogens (primary N) is 1. The zero-order valence-electron chi connectivity index (χ0n) is 6.81. The predicted molar refractivity (Wildman–Crippen MR) is 45.5 cm³/mol. The molecule has 0 spiro atoms. The van der Waals surface area contributed by atoms with Crippen LogP contribution in [0.1, 0.15) is 11.7 Å². The third-order valence-electron chi connectivity index (χ3n) is 1.71. The van der Waals surface area contributed by atoms with Crippen LogP contribution in [0.25, 0.3) is 0 Å². The molecule has 0 aliphatic carbocycles. The maximum absolute atomic E-state index is 9.25. The van der Waals surface area contributed by atoms with E-state index in [2.05, 4.69) is 0 Å². The summed E-state index contributed by atoms with van der Waals surface area (Å²) in [6, 6.07) is 2.02. The first-order valence-electron chi connectivity index (χ1n) is 3.69. The molecule has 0 saturated heterocycles. The molecule has 5 heteroatoms. The zero-order valence-corrected chi connectivity index (χ0v) is 6.81. The summed E-state index contributed by atoms with van der Waals surface area (Å²) in [4.78, 5) is 0. The summed E-state index contributed by atoms with van der Waals surface area (Å²) in [6.07, 6.45) is -1.05. The molecular weight excluding hydrogens is 174 g/mol. The van der Waals surface area contributed by atoms with Crippen molar-refractivity contribution in [3.63, 3.8) is 0 Å². The highest BCUT2D eigenvalue weighted by Crippen LogP contribution is 2.34. The average Bonchev–Trinajstić information content (AvgIpc) is 2.10. The molecule has 5 nitrogen and oxygen atoms in total. The summed E-state index contributed by atoms with van der Waals surface area (Å²) in [7, 11) is 0. The zero-order chi connectivity index (χ0) is 10.0. The van der Waals surface area contributed by atoms with Gasteiger partial charge in [-0.3, -0.25) is 0 Å². The highest BCUT2D eigenvalue weighted by atomic mass is 16.3. The Labute approximate surface area is 74.7 Å². The molecule has 13 heavy (non-hydrogen) atoms. The molecule has 0 heterocycles. The highest BCUT2D eigenvalue weighted by Gasteiger charge is 2.13. The monoisotopic (exact) mass is 185 g/mol. The predicted octanol–water partition coefficient (Wildman–Crippen LogP) is -0.205. The Morgan fingerprint density at radius 2 is 1.62 bits per heavy atom. The molecule has 1 aromatic rings. The second-order valence-electron chi connectivity index (χ2n) is 2.65. The number of aliphatic hydroxyl groups is 1. The lowest BCUT2D eigenvalue weighted by molar-refractivity contribution is 0.182. The number of hydrogen-bond acceptors (Lipinski definition) is 5. The van der Waals surface area contributed by atoms with E-state index in [0.29, 0.717) is 0 Å². The van der Waals surface area contributed by atoms with Crippen LogP contribution >= 0.6 is 0 Å². The van der Waals surface area contributed by atoms with Crippen LogP contribution in [0.4, 0.5) is 0 Å². The van der Waals surface area contributed by atoms with E-state index in [4.69, 9.17) is 15.9 Å². The number of phenols is 3. The van der Waals surface area contributed by atoms with Gasteiger partial charge in [-0.25, -0.2) is 0 Å². The van der Waals surface area contributed by atoms with Crippen LogP contribution in [-0.4, -0.2) is 27.0 Å². The molecule has 1 unspecified atom stereocenters. The minimum atomic E-state index is -1.05. The first-order valence-corrected chi connectivity index (χ1v) is 3.69. The Hall–Kier alpha value is -1.46. The molecule has 0 aliphatic rings. The van der Waals surface area contributed by atoms with E-state index >= 15 is 0 Å². The molecule has 0 radical (unpaired) electrons. The van der Waals surface area contributed by atoms with E-state index in [1.165, 1.54) is 0 Å². The molecule has 0 aliphatic heterocycles. The highest BCUT2D eigenvalue weighted by molar-refractivity contribution is 5.49. The van der Waals surface area contributed by atoms with Crippen LogP contribution in [0, 0.1) is 0 Å². The summed E-state index contributed by atoms with van der Waals surface area (Å²) < 4.78 is 0. The van der Waals surface area contributed by atoms with Gasteiger partial charge in [0.2, 0.25) is 0 Å². The van der Waals surface area contributed by atoms with Crippen molar-refractivity contribution in [1.82, 2.24) is 0 Å². The van der Waals surface area contributed by atoms with E-state index in [0.717, 1.165) is 12.1 Å². The maximum Gasteiger partial charge on any atom is 0.161 e. The van der Waals surface area contributed by atoms with Crippen molar-refractivity contribution in [1.29, 1.82) is 0 Å². The molecule has 72 valence electrons. The number of aliphatic hydroxyl groups excluding tert-OH is 1. The van der Waals surface area contributed by atoms with Gasteiger partial charge >= 0.3 is 0 Å². The van der Waals surface area contributed by atoms with Gasteiger partial charge in [0.25, 0.3) is 0 Å². The lowest BCUT2D eigenvalue weighted by Crippen LogP contribution is -2.11. The molecule has 0 amide bonds. The fourth-order valence-electron chi connectivity index (χ4n) is 0.976. The Balaban J connectivity index is 3.15. The van der Waals surface area contributed by atoms with E-state index < -0.39 is 17.6 Å². The van der Waals surface area contributed by atoms with Crippen molar-refractivity contribution < 1.29 is 20.4 Å². The molecule has 1 aromatic carbocycles. The fraction of sp³-hybridized carbons (Fsp3) is 0.250. The van der Waals surface area contributed by atoms with Crippen molar-refractivity contribution in [2.45, 2.75) is 6.10 Å². The van der Waals surface area contributed by atoms with Gasteiger partial charge in [0.1, 0.15) is 5.75 Å². The normalized spacial score (nSPS) is 12.8. The Morgan fingerprint density at radius 3 is 2.15 bits per heavy atom. The molecule has 0 bridgehead atoms. The smallest absolute Gasteiger partial charge is 0.161 e. The molecule has 6 N–H and O–H groups in total. The van der Waals surface area contributed by atoms with Crippen LogP contribution in [-0.2, 0) is 0 Å². The number of rotatable bonds is 2. The molecule has 0 aromatic heterocycles. The van der Waals surface area contributed by atoms with Crippen molar-refractivity contribution in [2.24, 2.45) is 5.73 Å². The van der Waals surface area contributed by atoms with Crippen molar-refractivity contribution in [2.75, 3.05) is 6.54 Å². The first-order chi connectivity index (χ1) is 6.06. The number of phenolic OH excluding ortho intramolecular Hbond substituents is 3. The van der Waals surface area contributed by atoms with Gasteiger partial charge in [0, 0.05) is 18.2 Å². The average molecular weight is 185 g/mol. The topological polar surface area (TPSA) is 107 Å². The van der Waals surface area contributed by atoms with Gasteiger partial charge in [0.15, 0.2) is 11.5 Å². The van der Waals surface area contributed by atoms with Gasteiger partial charge in [-0.15, -0.1) is 0 Å². The lowest BCUT2D eigenvalue weighted by Gasteiger charge is -2.11. The largest absolute Gasteiger partial charge is 0.507 e. The van der Waals surface area contributed by atoms with Crippen LogP contribution in [0.3, 0.4) is 0 Å². The molecular formula is C8H11NO4. The first kappa shape index (κ1) is 9.63. The van der Waals surface area contributed by atoms with E-state index in [9.17, 15) is 10.2 Å². The third-order valence-corrected chi connectivity index (χ3v) is 1.71. The second-order valence-corrected chi connectivity index (χ2v) is 2.65. The molecule has 0 fully saturated rings. The van der Waals surface area contributed by atoms with Gasteiger partial charge in [-0.1, -0.05) is 0 Å². The van der Waals surface area contributed by atoms with Gasteiger partial charge in [-0.2, -0.15) is 0 Å². The van der Waals surface area contributed by atoms with Gasteiger partial charge in [-0.05, 0) is 6.07 Å². The number of aromatic hydroxyl groups is 3. The Kier molecular flexibility index (Phi) is 2.60.